The van der Waals surface area contributed by atoms with Crippen molar-refractivity contribution in [1.29, 1.82) is 0 Å². The van der Waals surface area contributed by atoms with E-state index in [0.29, 0.717) is 11.8 Å². The first-order chi connectivity index (χ1) is 8.04. The molecule has 0 N–H and O–H groups in total. The van der Waals surface area contributed by atoms with Crippen LogP contribution in [-0.4, -0.2) is 20.3 Å². The second kappa shape index (κ2) is 4.49. The minimum absolute atomic E-state index is 0.112. The topological polar surface area (TPSA) is 18.5 Å². The molecule has 2 aliphatic carbocycles. The van der Waals surface area contributed by atoms with E-state index in [2.05, 4.69) is 32.9 Å². The van der Waals surface area contributed by atoms with E-state index in [1.807, 2.05) is 7.11 Å². The maximum Gasteiger partial charge on any atom is 0.118 e. The molecule has 2 aliphatic rings. The summed E-state index contributed by atoms with van der Waals surface area (Å²) in [6.45, 7) is 6.95. The summed E-state index contributed by atoms with van der Waals surface area (Å²) >= 11 is 0. The van der Waals surface area contributed by atoms with Gasteiger partial charge in [-0.25, -0.2) is 0 Å². The Kier molecular flexibility index (Phi) is 3.35. The molecule has 0 bridgehead atoms. The smallest absolute Gasteiger partial charge is 0.118 e. The lowest BCUT2D eigenvalue weighted by Crippen LogP contribution is -2.47. The third kappa shape index (κ3) is 1.83. The van der Waals surface area contributed by atoms with Crippen LogP contribution in [-0.2, 0) is 9.47 Å². The van der Waals surface area contributed by atoms with Crippen LogP contribution in [0.2, 0.25) is 0 Å². The highest BCUT2D eigenvalue weighted by Gasteiger charge is 2.48. The number of hydrogen-bond acceptors (Lipinski definition) is 2. The third-order valence-corrected chi connectivity index (χ3v) is 4.80. The predicted octanol–water partition coefficient (Wildman–Crippen LogP) is 3.54. The van der Waals surface area contributed by atoms with Gasteiger partial charge in [-0.1, -0.05) is 26.8 Å². The van der Waals surface area contributed by atoms with Gasteiger partial charge in [0, 0.05) is 12.5 Å². The molecule has 0 aromatic heterocycles. The van der Waals surface area contributed by atoms with E-state index in [0.717, 1.165) is 18.6 Å². The molecule has 0 aromatic carbocycles. The van der Waals surface area contributed by atoms with Crippen LogP contribution in [0.4, 0.5) is 0 Å². The molecule has 0 heterocycles. The molecule has 2 rings (SSSR count). The molecule has 0 spiro atoms. The summed E-state index contributed by atoms with van der Waals surface area (Å²) in [5.41, 5.74) is 1.56. The molecule has 1 saturated carbocycles. The number of fused-ring (bicyclic) bond motifs is 1. The summed E-state index contributed by atoms with van der Waals surface area (Å²) in [4.78, 5) is 0. The summed E-state index contributed by atoms with van der Waals surface area (Å²) in [5.74, 6) is 2.30. The molecule has 0 aliphatic heterocycles. The van der Waals surface area contributed by atoms with Gasteiger partial charge in [-0.15, -0.1) is 0 Å². The number of rotatable bonds is 2. The normalized spacial score (nSPS) is 41.4. The minimum atomic E-state index is 0.112. The summed E-state index contributed by atoms with van der Waals surface area (Å²) in [5, 5.41) is 0. The highest BCUT2D eigenvalue weighted by molar-refractivity contribution is 5.34. The molecule has 4 atom stereocenters. The van der Waals surface area contributed by atoms with E-state index in [-0.39, 0.29) is 11.5 Å². The van der Waals surface area contributed by atoms with Gasteiger partial charge in [-0.05, 0) is 36.3 Å². The Morgan fingerprint density at radius 2 is 2.00 bits per heavy atom. The van der Waals surface area contributed by atoms with Crippen LogP contribution < -0.4 is 0 Å². The second-order valence-electron chi connectivity index (χ2n) is 5.77. The summed E-state index contributed by atoms with van der Waals surface area (Å²) in [6, 6.07) is 0. The second-order valence-corrected chi connectivity index (χ2v) is 5.77. The van der Waals surface area contributed by atoms with Gasteiger partial charge in [0.25, 0.3) is 0 Å². The quantitative estimate of drug-likeness (QED) is 0.730. The number of ether oxygens (including phenoxy) is 2. The highest BCUT2D eigenvalue weighted by atomic mass is 16.5. The van der Waals surface area contributed by atoms with Crippen LogP contribution in [0, 0.1) is 17.3 Å². The highest BCUT2D eigenvalue weighted by Crippen LogP contribution is 2.52. The van der Waals surface area contributed by atoms with Crippen molar-refractivity contribution < 1.29 is 9.47 Å². The first-order valence-electron chi connectivity index (χ1n) is 6.51. The average Bonchev–Trinajstić information content (AvgIpc) is 2.31. The maximum absolute atomic E-state index is 5.82. The van der Waals surface area contributed by atoms with Gasteiger partial charge < -0.3 is 9.47 Å². The molecule has 1 fully saturated rings. The lowest BCUT2D eigenvalue weighted by Gasteiger charge is -2.50. The SMILES string of the molecule is COC1=C2CC(C)C(C)C(OC)C2(C)CC=C1. The largest absolute Gasteiger partial charge is 0.497 e. The average molecular weight is 236 g/mol. The molecular weight excluding hydrogens is 212 g/mol. The van der Waals surface area contributed by atoms with E-state index in [1.165, 1.54) is 5.57 Å². The van der Waals surface area contributed by atoms with E-state index in [1.54, 1.807) is 7.11 Å². The van der Waals surface area contributed by atoms with Gasteiger partial charge >= 0.3 is 0 Å². The Bertz CT molecular complexity index is 356. The monoisotopic (exact) mass is 236 g/mol. The Labute approximate surface area is 105 Å². The van der Waals surface area contributed by atoms with E-state index < -0.39 is 0 Å². The van der Waals surface area contributed by atoms with Gasteiger partial charge in [-0.2, -0.15) is 0 Å². The van der Waals surface area contributed by atoms with Crippen LogP contribution in [0.1, 0.15) is 33.6 Å². The van der Waals surface area contributed by atoms with Crippen molar-refractivity contribution in [3.8, 4) is 0 Å². The standard InChI is InChI=1S/C15H24O2/c1-10-9-12-13(16-4)7-6-8-15(12,3)14(17-5)11(10)2/h6-7,10-11,14H,8-9H2,1-5H3. The molecular formula is C15H24O2. The summed E-state index contributed by atoms with van der Waals surface area (Å²) < 4.78 is 11.4. The van der Waals surface area contributed by atoms with Crippen LogP contribution in [0.25, 0.3) is 0 Å². The van der Waals surface area contributed by atoms with Gasteiger partial charge in [0.1, 0.15) is 5.76 Å². The van der Waals surface area contributed by atoms with Crippen LogP contribution in [0.5, 0.6) is 0 Å². The lowest BCUT2D eigenvalue weighted by molar-refractivity contribution is -0.0580. The van der Waals surface area contributed by atoms with Crippen molar-refractivity contribution in [2.24, 2.45) is 17.3 Å². The zero-order chi connectivity index (χ0) is 12.6. The fraction of sp³-hybridized carbons (Fsp3) is 0.733. The third-order valence-electron chi connectivity index (χ3n) is 4.80. The van der Waals surface area contributed by atoms with Gasteiger partial charge in [0.15, 0.2) is 0 Å². The fourth-order valence-electron chi connectivity index (χ4n) is 3.59. The van der Waals surface area contributed by atoms with Crippen molar-refractivity contribution in [3.05, 3.63) is 23.5 Å². The molecule has 17 heavy (non-hydrogen) atoms. The Morgan fingerprint density at radius 1 is 1.29 bits per heavy atom. The van der Waals surface area contributed by atoms with E-state index >= 15 is 0 Å². The van der Waals surface area contributed by atoms with Gasteiger partial charge in [-0.3, -0.25) is 0 Å². The molecule has 2 heteroatoms. The first-order valence-corrected chi connectivity index (χ1v) is 6.51. The van der Waals surface area contributed by atoms with E-state index in [9.17, 15) is 0 Å². The molecule has 96 valence electrons. The van der Waals surface area contributed by atoms with Crippen LogP contribution >= 0.6 is 0 Å². The van der Waals surface area contributed by atoms with Crippen molar-refractivity contribution in [2.75, 3.05) is 14.2 Å². The van der Waals surface area contributed by atoms with Gasteiger partial charge in [0.2, 0.25) is 0 Å². The Balaban J connectivity index is 2.46. The van der Waals surface area contributed by atoms with Gasteiger partial charge in [0.05, 0.1) is 13.2 Å². The molecule has 0 saturated heterocycles. The minimum Gasteiger partial charge on any atom is -0.497 e. The number of allylic oxidation sites excluding steroid dienone is 2. The molecule has 2 nitrogen and oxygen atoms in total. The maximum atomic E-state index is 5.82. The number of methoxy groups -OCH3 is 2. The van der Waals surface area contributed by atoms with Crippen molar-refractivity contribution in [2.45, 2.75) is 39.7 Å². The molecule has 0 aromatic rings. The van der Waals surface area contributed by atoms with Crippen LogP contribution in [0.3, 0.4) is 0 Å². The summed E-state index contributed by atoms with van der Waals surface area (Å²) in [6.07, 6.45) is 6.82. The molecule has 0 amide bonds. The Morgan fingerprint density at radius 3 is 2.59 bits per heavy atom. The molecule has 4 unspecified atom stereocenters. The van der Waals surface area contributed by atoms with Crippen molar-refractivity contribution in [3.63, 3.8) is 0 Å². The zero-order valence-electron chi connectivity index (χ0n) is 11.6. The zero-order valence-corrected chi connectivity index (χ0v) is 11.6. The Hall–Kier alpha value is -0.760. The van der Waals surface area contributed by atoms with Crippen molar-refractivity contribution >= 4 is 0 Å². The molecule has 0 radical (unpaired) electrons. The lowest BCUT2D eigenvalue weighted by atomic mass is 9.59. The number of hydrogen-bond donors (Lipinski definition) is 0. The van der Waals surface area contributed by atoms with E-state index in [4.69, 9.17) is 9.47 Å². The fourth-order valence-corrected chi connectivity index (χ4v) is 3.59. The summed E-state index contributed by atoms with van der Waals surface area (Å²) in [7, 11) is 3.61. The van der Waals surface area contributed by atoms with Crippen LogP contribution in [0.15, 0.2) is 23.5 Å². The van der Waals surface area contributed by atoms with Crippen molar-refractivity contribution in [1.82, 2.24) is 0 Å². The first kappa shape index (κ1) is 12.7. The predicted molar refractivity (Wildman–Crippen MR) is 69.6 cm³/mol.